The number of nitrogens with two attached hydrogens (primary N) is 1. The summed E-state index contributed by atoms with van der Waals surface area (Å²) in [7, 11) is 0. The lowest BCUT2D eigenvalue weighted by Crippen LogP contribution is -2.40. The summed E-state index contributed by atoms with van der Waals surface area (Å²) in [4.78, 5) is 36.5. The van der Waals surface area contributed by atoms with Gasteiger partial charge in [0.2, 0.25) is 5.91 Å². The van der Waals surface area contributed by atoms with Crippen LogP contribution >= 0.6 is 22.7 Å². The van der Waals surface area contributed by atoms with Crippen molar-refractivity contribution in [2.75, 3.05) is 13.1 Å². The Labute approximate surface area is 206 Å². The summed E-state index contributed by atoms with van der Waals surface area (Å²) in [5.74, 6) is 0.114. The first-order chi connectivity index (χ1) is 16.2. The second-order valence-corrected chi connectivity index (χ2v) is 10.6. The Kier molecular flexibility index (Phi) is 7.30. The summed E-state index contributed by atoms with van der Waals surface area (Å²) in [6, 6.07) is 5.19. The fourth-order valence-electron chi connectivity index (χ4n) is 3.83. The van der Waals surface area contributed by atoms with Crippen molar-refractivity contribution in [3.8, 4) is 16.3 Å². The molecule has 1 fully saturated rings. The van der Waals surface area contributed by atoms with E-state index in [0.29, 0.717) is 48.7 Å². The molecule has 10 heteroatoms. The number of amides is 2. The van der Waals surface area contributed by atoms with Crippen LogP contribution in [-0.2, 0) is 6.42 Å². The molecule has 2 amide bonds. The maximum atomic E-state index is 12.9. The molecule has 1 aliphatic rings. The van der Waals surface area contributed by atoms with E-state index in [2.05, 4.69) is 4.98 Å². The van der Waals surface area contributed by atoms with E-state index < -0.39 is 5.91 Å². The van der Waals surface area contributed by atoms with Crippen molar-refractivity contribution in [1.29, 1.82) is 0 Å². The zero-order valence-electron chi connectivity index (χ0n) is 19.4. The van der Waals surface area contributed by atoms with Gasteiger partial charge in [0, 0.05) is 36.0 Å². The highest BCUT2D eigenvalue weighted by atomic mass is 32.1. The molecule has 1 aliphatic heterocycles. The number of hydrogen-bond acceptors (Lipinski definition) is 8. The fourth-order valence-corrected chi connectivity index (χ4v) is 5.71. The smallest absolute Gasteiger partial charge is 0.282 e. The number of rotatable bonds is 7. The summed E-state index contributed by atoms with van der Waals surface area (Å²) >= 11 is 2.85. The van der Waals surface area contributed by atoms with Crippen molar-refractivity contribution in [2.45, 2.75) is 52.2 Å². The van der Waals surface area contributed by atoms with Crippen molar-refractivity contribution in [3.05, 3.63) is 50.4 Å². The number of aliphatic hydroxyl groups excluding tert-OH is 1. The third kappa shape index (κ3) is 5.45. The molecule has 180 valence electrons. The minimum absolute atomic E-state index is 0.0102. The fraction of sp³-hybridized carbons (Fsp3) is 0.417. The van der Waals surface area contributed by atoms with Gasteiger partial charge in [0.1, 0.15) is 5.75 Å². The maximum absolute atomic E-state index is 12.9. The Bertz CT molecular complexity index is 1200. The molecule has 1 aromatic carbocycles. The van der Waals surface area contributed by atoms with Gasteiger partial charge in [-0.15, -0.1) is 22.7 Å². The number of thiazole rings is 2. The number of nitrogens with zero attached hydrogens (tertiary/aromatic N) is 3. The zero-order chi connectivity index (χ0) is 24.4. The lowest BCUT2D eigenvalue weighted by molar-refractivity contribution is 0.0546. The minimum atomic E-state index is -0.488. The van der Waals surface area contributed by atoms with Crippen LogP contribution in [0.15, 0.2) is 23.6 Å². The highest BCUT2D eigenvalue weighted by Gasteiger charge is 2.26. The van der Waals surface area contributed by atoms with E-state index in [9.17, 15) is 14.7 Å². The number of benzene rings is 1. The molecule has 4 rings (SSSR count). The SMILES string of the molecule is Cc1nc(C(=O)N2CCC(O)CC2)sc1-c1csc(Cc2cc(C(N)=O)ccc2OC(C)C)n1. The normalized spacial score (nSPS) is 14.6. The lowest BCUT2D eigenvalue weighted by atomic mass is 10.1. The van der Waals surface area contributed by atoms with Crippen molar-refractivity contribution in [3.63, 3.8) is 0 Å². The van der Waals surface area contributed by atoms with Gasteiger partial charge in [0.15, 0.2) is 5.01 Å². The minimum Gasteiger partial charge on any atom is -0.491 e. The second-order valence-electron chi connectivity index (χ2n) is 8.61. The van der Waals surface area contributed by atoms with E-state index in [-0.39, 0.29) is 18.1 Å². The second kappa shape index (κ2) is 10.2. The first-order valence-electron chi connectivity index (χ1n) is 11.2. The molecule has 0 unspecified atom stereocenters. The number of primary amides is 1. The van der Waals surface area contributed by atoms with Crippen molar-refractivity contribution in [1.82, 2.24) is 14.9 Å². The molecule has 0 bridgehead atoms. The monoisotopic (exact) mass is 500 g/mol. The Morgan fingerprint density at radius 1 is 1.26 bits per heavy atom. The predicted octanol–water partition coefficient (Wildman–Crippen LogP) is 3.65. The van der Waals surface area contributed by atoms with Gasteiger partial charge in [-0.05, 0) is 51.8 Å². The van der Waals surface area contributed by atoms with Crippen LogP contribution in [-0.4, -0.2) is 57.1 Å². The van der Waals surface area contributed by atoms with Gasteiger partial charge in [0.05, 0.1) is 33.5 Å². The zero-order valence-corrected chi connectivity index (χ0v) is 21.0. The van der Waals surface area contributed by atoms with Crippen LogP contribution in [0.2, 0.25) is 0 Å². The average Bonchev–Trinajstić information content (AvgIpc) is 3.40. The van der Waals surface area contributed by atoms with Crippen molar-refractivity contribution < 1.29 is 19.4 Å². The number of likely N-dealkylation sites (tertiary alicyclic amines) is 1. The van der Waals surface area contributed by atoms with Crippen LogP contribution in [0.1, 0.15) is 63.1 Å². The van der Waals surface area contributed by atoms with Crippen LogP contribution in [0.5, 0.6) is 5.75 Å². The van der Waals surface area contributed by atoms with Gasteiger partial charge in [-0.2, -0.15) is 0 Å². The summed E-state index contributed by atoms with van der Waals surface area (Å²) in [6.45, 7) is 6.86. The summed E-state index contributed by atoms with van der Waals surface area (Å²) in [5, 5.41) is 13.0. The highest BCUT2D eigenvalue weighted by molar-refractivity contribution is 7.17. The van der Waals surface area contributed by atoms with E-state index in [1.54, 1.807) is 23.1 Å². The predicted molar refractivity (Wildman–Crippen MR) is 133 cm³/mol. The van der Waals surface area contributed by atoms with Gasteiger partial charge in [-0.3, -0.25) is 9.59 Å². The van der Waals surface area contributed by atoms with Crippen LogP contribution in [0, 0.1) is 6.92 Å². The van der Waals surface area contributed by atoms with Crippen molar-refractivity contribution >= 4 is 34.5 Å². The Hall–Kier alpha value is -2.82. The molecule has 0 saturated carbocycles. The highest BCUT2D eigenvalue weighted by Crippen LogP contribution is 2.33. The quantitative estimate of drug-likeness (QED) is 0.511. The van der Waals surface area contributed by atoms with Gasteiger partial charge in [0.25, 0.3) is 5.91 Å². The largest absolute Gasteiger partial charge is 0.491 e. The van der Waals surface area contributed by atoms with Gasteiger partial charge < -0.3 is 20.5 Å². The molecule has 8 nitrogen and oxygen atoms in total. The Balaban J connectivity index is 1.55. The van der Waals surface area contributed by atoms with Crippen LogP contribution in [0.25, 0.3) is 10.6 Å². The van der Waals surface area contributed by atoms with Gasteiger partial charge in [-0.25, -0.2) is 9.97 Å². The average molecular weight is 501 g/mol. The molecule has 3 heterocycles. The van der Waals surface area contributed by atoms with Crippen LogP contribution < -0.4 is 10.5 Å². The van der Waals surface area contributed by atoms with Crippen LogP contribution in [0.3, 0.4) is 0 Å². The molecular formula is C24H28N4O4S2. The number of piperidine rings is 1. The molecule has 0 atom stereocenters. The number of aliphatic hydroxyl groups is 1. The first-order valence-corrected chi connectivity index (χ1v) is 12.9. The van der Waals surface area contributed by atoms with E-state index in [4.69, 9.17) is 15.5 Å². The molecule has 34 heavy (non-hydrogen) atoms. The first kappa shape index (κ1) is 24.3. The third-order valence-electron chi connectivity index (χ3n) is 5.56. The van der Waals surface area contributed by atoms with Gasteiger partial charge >= 0.3 is 0 Å². The van der Waals surface area contributed by atoms with E-state index in [1.807, 2.05) is 26.2 Å². The third-order valence-corrected chi connectivity index (χ3v) is 7.58. The molecule has 0 radical (unpaired) electrons. The van der Waals surface area contributed by atoms with E-state index >= 15 is 0 Å². The Morgan fingerprint density at radius 2 is 2.00 bits per heavy atom. The lowest BCUT2D eigenvalue weighted by Gasteiger charge is -2.28. The van der Waals surface area contributed by atoms with E-state index in [1.165, 1.54) is 22.7 Å². The number of aryl methyl sites for hydroxylation is 1. The number of ether oxygens (including phenoxy) is 1. The summed E-state index contributed by atoms with van der Waals surface area (Å²) in [5.41, 5.74) is 8.28. The van der Waals surface area contributed by atoms with Crippen molar-refractivity contribution in [2.24, 2.45) is 5.73 Å². The molecular weight excluding hydrogens is 472 g/mol. The molecule has 3 N–H and O–H groups in total. The molecule has 0 aliphatic carbocycles. The number of carbonyl (C=O) groups is 2. The topological polar surface area (TPSA) is 119 Å². The Morgan fingerprint density at radius 3 is 2.68 bits per heavy atom. The molecule has 0 spiro atoms. The number of aromatic nitrogens is 2. The standard InChI is InChI=1S/C24H28N4O4S2/c1-13(2)32-19-5-4-15(22(25)30)10-16(19)11-20-27-18(12-33-20)21-14(3)26-23(34-21)24(31)28-8-6-17(29)7-9-28/h4-5,10,12-13,17,29H,6-9,11H2,1-3H3,(H2,25,30). The molecule has 1 saturated heterocycles. The van der Waals surface area contributed by atoms with E-state index in [0.717, 1.165) is 26.8 Å². The molecule has 2 aromatic heterocycles. The number of hydrogen-bond donors (Lipinski definition) is 2. The number of carbonyl (C=O) groups excluding carboxylic acids is 2. The van der Waals surface area contributed by atoms with Crippen LogP contribution in [0.4, 0.5) is 0 Å². The summed E-state index contributed by atoms with van der Waals surface area (Å²) in [6.07, 6.45) is 1.34. The molecule has 3 aromatic rings. The summed E-state index contributed by atoms with van der Waals surface area (Å²) < 4.78 is 5.92. The van der Waals surface area contributed by atoms with Gasteiger partial charge in [-0.1, -0.05) is 0 Å². The maximum Gasteiger partial charge on any atom is 0.282 e.